The van der Waals surface area contributed by atoms with Crippen molar-refractivity contribution in [2.24, 2.45) is 5.92 Å². The molecule has 0 aliphatic heterocycles. The molecular weight excluding hydrogens is 582 g/mol. The van der Waals surface area contributed by atoms with Gasteiger partial charge in [-0.25, -0.2) is 4.79 Å². The number of thioether (sulfide) groups is 1. The highest BCUT2D eigenvalue weighted by Crippen LogP contribution is 2.32. The first-order valence-electron chi connectivity index (χ1n) is 15.9. The van der Waals surface area contributed by atoms with Gasteiger partial charge in [-0.15, -0.1) is 0 Å². The second kappa shape index (κ2) is 16.2. The first-order valence-corrected chi connectivity index (χ1v) is 17.3. The van der Waals surface area contributed by atoms with Gasteiger partial charge in [0.05, 0.1) is 0 Å². The van der Waals surface area contributed by atoms with Crippen molar-refractivity contribution < 1.29 is 19.1 Å². The molecule has 244 valence electrons. The highest BCUT2D eigenvalue weighted by Gasteiger charge is 2.39. The van der Waals surface area contributed by atoms with E-state index < -0.39 is 23.8 Å². The Morgan fingerprint density at radius 3 is 2.20 bits per heavy atom. The van der Waals surface area contributed by atoms with Crippen LogP contribution in [0.2, 0.25) is 0 Å². The van der Waals surface area contributed by atoms with Gasteiger partial charge >= 0.3 is 6.09 Å². The van der Waals surface area contributed by atoms with Gasteiger partial charge in [-0.05, 0) is 113 Å². The number of carbonyl (C=O) groups is 3. The van der Waals surface area contributed by atoms with Crippen molar-refractivity contribution in [1.29, 1.82) is 0 Å². The number of carbonyl (C=O) groups excluding carboxylic acids is 3. The minimum absolute atomic E-state index is 0.287. The molecule has 0 fully saturated rings. The fourth-order valence-electron chi connectivity index (χ4n) is 5.46. The lowest BCUT2D eigenvalue weighted by Gasteiger charge is -2.39. The van der Waals surface area contributed by atoms with Gasteiger partial charge in [-0.3, -0.25) is 9.59 Å². The maximum Gasteiger partial charge on any atom is 0.408 e. The van der Waals surface area contributed by atoms with Crippen molar-refractivity contribution in [3.05, 3.63) is 77.4 Å². The Balaban J connectivity index is 2.12. The van der Waals surface area contributed by atoms with Crippen LogP contribution >= 0.6 is 11.8 Å². The zero-order chi connectivity index (χ0) is 33.3. The maximum atomic E-state index is 14.7. The molecule has 3 aromatic rings. The van der Waals surface area contributed by atoms with E-state index in [0.717, 1.165) is 33.9 Å². The van der Waals surface area contributed by atoms with Crippen molar-refractivity contribution in [3.63, 3.8) is 0 Å². The van der Waals surface area contributed by atoms with Crippen LogP contribution in [0.25, 0.3) is 10.8 Å². The molecule has 3 unspecified atom stereocenters. The zero-order valence-corrected chi connectivity index (χ0v) is 29.2. The lowest BCUT2D eigenvalue weighted by molar-refractivity contribution is -0.143. The minimum Gasteiger partial charge on any atom is -0.444 e. The Labute approximate surface area is 273 Å². The number of nitrogens with zero attached hydrogens (tertiary/aromatic N) is 1. The molecule has 3 amide bonds. The fraction of sp³-hybridized carbons (Fsp3) is 0.486. The zero-order valence-electron chi connectivity index (χ0n) is 28.4. The highest BCUT2D eigenvalue weighted by molar-refractivity contribution is 7.98. The summed E-state index contributed by atoms with van der Waals surface area (Å²) in [6, 6.07) is 17.7. The van der Waals surface area contributed by atoms with Gasteiger partial charge in [0.1, 0.15) is 17.7 Å². The van der Waals surface area contributed by atoms with E-state index >= 15 is 0 Å². The number of anilines is 1. The van der Waals surface area contributed by atoms with Crippen molar-refractivity contribution in [2.45, 2.75) is 98.4 Å². The molecule has 45 heavy (non-hydrogen) atoms. The van der Waals surface area contributed by atoms with Crippen LogP contribution in [0.3, 0.4) is 0 Å². The van der Waals surface area contributed by atoms with Crippen molar-refractivity contribution >= 4 is 46.1 Å². The highest BCUT2D eigenvalue weighted by atomic mass is 32.2. The molecule has 3 rings (SSSR count). The van der Waals surface area contributed by atoms with E-state index in [0.29, 0.717) is 30.2 Å². The van der Waals surface area contributed by atoms with Crippen molar-refractivity contribution in [2.75, 3.05) is 17.3 Å². The van der Waals surface area contributed by atoms with E-state index in [4.69, 9.17) is 4.74 Å². The minimum atomic E-state index is -0.927. The number of alkyl carbamates (subject to hydrolysis) is 1. The Hall–Kier alpha value is -3.52. The molecule has 0 radical (unpaired) electrons. The maximum absolute atomic E-state index is 14.7. The number of fused-ring (bicyclic) bond motifs is 1. The van der Waals surface area contributed by atoms with Crippen molar-refractivity contribution in [3.8, 4) is 0 Å². The van der Waals surface area contributed by atoms with Gasteiger partial charge in [0, 0.05) is 11.7 Å². The Morgan fingerprint density at radius 2 is 1.58 bits per heavy atom. The SMILES string of the molecule is CSCCC(NC(=O)OC(C)(C)C)C(=O)N(C(C)CCC(C)C)C(C(=O)Nc1ccc2ccccc2c1)c1ccc(C)cc1C. The molecule has 0 heterocycles. The number of amides is 3. The molecule has 3 atom stereocenters. The van der Waals surface area contributed by atoms with Crippen LogP contribution in [-0.2, 0) is 14.3 Å². The van der Waals surface area contributed by atoms with Gasteiger partial charge < -0.3 is 20.3 Å². The Morgan fingerprint density at radius 1 is 0.889 bits per heavy atom. The first-order chi connectivity index (χ1) is 21.2. The molecule has 0 saturated carbocycles. The summed E-state index contributed by atoms with van der Waals surface area (Å²) in [5.74, 6) is 0.466. The molecule has 0 spiro atoms. The fourth-order valence-corrected chi connectivity index (χ4v) is 5.93. The lowest BCUT2D eigenvalue weighted by Crippen LogP contribution is -2.55. The van der Waals surface area contributed by atoms with E-state index in [1.807, 2.05) is 87.7 Å². The third kappa shape index (κ3) is 10.5. The predicted octanol–water partition coefficient (Wildman–Crippen LogP) is 8.44. The van der Waals surface area contributed by atoms with Crippen LogP contribution in [0.4, 0.5) is 10.5 Å². The predicted molar refractivity (Wildman–Crippen MR) is 188 cm³/mol. The summed E-state index contributed by atoms with van der Waals surface area (Å²) < 4.78 is 5.55. The van der Waals surface area contributed by atoms with Crippen LogP contribution in [0.15, 0.2) is 60.7 Å². The number of nitrogens with one attached hydrogen (secondary N) is 2. The summed E-state index contributed by atoms with van der Waals surface area (Å²) in [5.41, 5.74) is 2.68. The molecule has 0 aliphatic carbocycles. The Kier molecular flexibility index (Phi) is 12.9. The summed E-state index contributed by atoms with van der Waals surface area (Å²) >= 11 is 1.60. The standard InChI is InChI=1S/C37H51N3O4S/c1-24(2)14-16-27(5)40(35(42)32(20-21-45-9)39-36(43)44-37(6,7)8)33(31-19-15-25(3)22-26(31)4)34(41)38-30-18-17-28-12-10-11-13-29(28)23-30/h10-13,15,17-19,22-24,27,32-33H,14,16,20-21H2,1-9H3,(H,38,41)(H,39,43). The van der Waals surface area contributed by atoms with Gasteiger partial charge in [-0.1, -0.05) is 67.9 Å². The number of hydrogen-bond donors (Lipinski definition) is 2. The van der Waals surface area contributed by atoms with Crippen LogP contribution in [0.5, 0.6) is 0 Å². The number of benzene rings is 3. The number of rotatable bonds is 13. The molecule has 0 aliphatic rings. The third-order valence-electron chi connectivity index (χ3n) is 7.75. The van der Waals surface area contributed by atoms with Crippen LogP contribution in [0.1, 0.15) is 83.5 Å². The van der Waals surface area contributed by atoms with Gasteiger partial charge in [0.15, 0.2) is 0 Å². The number of aryl methyl sites for hydroxylation is 2. The monoisotopic (exact) mass is 633 g/mol. The van der Waals surface area contributed by atoms with Gasteiger partial charge in [-0.2, -0.15) is 11.8 Å². The summed E-state index contributed by atoms with van der Waals surface area (Å²) in [4.78, 5) is 43.9. The average Bonchev–Trinajstić information content (AvgIpc) is 2.95. The molecule has 0 saturated heterocycles. The average molecular weight is 634 g/mol. The smallest absolute Gasteiger partial charge is 0.408 e. The van der Waals surface area contributed by atoms with Crippen molar-refractivity contribution in [1.82, 2.24) is 10.2 Å². The molecule has 7 nitrogen and oxygen atoms in total. The van der Waals surface area contributed by atoms with E-state index in [1.165, 1.54) is 0 Å². The van der Waals surface area contributed by atoms with Crippen LogP contribution in [0, 0.1) is 19.8 Å². The van der Waals surface area contributed by atoms with Gasteiger partial charge in [0.25, 0.3) is 5.91 Å². The van der Waals surface area contributed by atoms with Crippen LogP contribution in [-0.4, -0.2) is 52.5 Å². The normalized spacial score (nSPS) is 13.6. The quantitative estimate of drug-likeness (QED) is 0.197. The molecule has 3 aromatic carbocycles. The molecule has 0 bridgehead atoms. The molecule has 8 heteroatoms. The first kappa shape index (κ1) is 36.0. The summed E-state index contributed by atoms with van der Waals surface area (Å²) in [7, 11) is 0. The second-order valence-corrected chi connectivity index (χ2v) is 14.3. The van der Waals surface area contributed by atoms with E-state index in [2.05, 4.69) is 24.5 Å². The topological polar surface area (TPSA) is 87.7 Å². The summed E-state index contributed by atoms with van der Waals surface area (Å²) in [6.45, 7) is 15.7. The van der Waals surface area contributed by atoms with E-state index in [-0.39, 0.29) is 17.9 Å². The second-order valence-electron chi connectivity index (χ2n) is 13.4. The third-order valence-corrected chi connectivity index (χ3v) is 8.40. The molecule has 0 aromatic heterocycles. The Bertz CT molecular complexity index is 1470. The molecule has 2 N–H and O–H groups in total. The molecular formula is C37H51N3O4S. The van der Waals surface area contributed by atoms with Gasteiger partial charge in [0.2, 0.25) is 5.91 Å². The summed E-state index contributed by atoms with van der Waals surface area (Å²) in [6.07, 6.45) is 3.30. The van der Waals surface area contributed by atoms with E-state index in [9.17, 15) is 14.4 Å². The number of ether oxygens (including phenoxy) is 1. The largest absolute Gasteiger partial charge is 0.444 e. The number of hydrogen-bond acceptors (Lipinski definition) is 5. The van der Waals surface area contributed by atoms with E-state index in [1.54, 1.807) is 37.4 Å². The van der Waals surface area contributed by atoms with Crippen LogP contribution < -0.4 is 10.6 Å². The summed E-state index contributed by atoms with van der Waals surface area (Å²) in [5, 5.41) is 8.07. The lowest BCUT2D eigenvalue weighted by atomic mass is 9.93.